The molecule has 8 nitrogen and oxygen atoms in total. The monoisotopic (exact) mass is 391 g/mol. The Balaban J connectivity index is 1.49. The lowest BCUT2D eigenvalue weighted by Crippen LogP contribution is -2.56. The maximum absolute atomic E-state index is 12.4. The quantitative estimate of drug-likeness (QED) is 0.628. The number of amides is 2. The zero-order valence-corrected chi connectivity index (χ0v) is 16.4. The van der Waals surface area contributed by atoms with Gasteiger partial charge >= 0.3 is 12.0 Å². The molecule has 0 saturated heterocycles. The van der Waals surface area contributed by atoms with E-state index >= 15 is 0 Å². The first-order chi connectivity index (χ1) is 13.5. The van der Waals surface area contributed by atoms with Crippen molar-refractivity contribution in [2.75, 3.05) is 26.3 Å². The number of urea groups is 1. The fourth-order valence-corrected chi connectivity index (χ4v) is 3.76. The number of carboxylic acids is 1. The summed E-state index contributed by atoms with van der Waals surface area (Å²) in [7, 11) is 0. The number of nitrogens with zero attached hydrogens (tertiary/aromatic N) is 1. The molecule has 1 fully saturated rings. The van der Waals surface area contributed by atoms with Gasteiger partial charge in [0.2, 0.25) is 0 Å². The summed E-state index contributed by atoms with van der Waals surface area (Å²) in [6.45, 7) is 5.79. The molecular formula is C20H29N3O5. The summed E-state index contributed by atoms with van der Waals surface area (Å²) < 4.78 is 11.2. The molecule has 1 unspecified atom stereocenters. The molecule has 8 heteroatoms. The Morgan fingerprint density at radius 2 is 1.93 bits per heavy atom. The maximum Gasteiger partial charge on any atom is 0.317 e. The van der Waals surface area contributed by atoms with Gasteiger partial charge in [-0.15, -0.1) is 0 Å². The summed E-state index contributed by atoms with van der Waals surface area (Å²) in [5, 5.41) is 15.0. The van der Waals surface area contributed by atoms with Crippen LogP contribution in [-0.2, 0) is 4.79 Å². The number of hydrogen-bond donors (Lipinski definition) is 3. The SMILES string of the molecule is CCC(NC(=O)NC1CC(N(CC)CC(=O)O)C1)c1ccc2c(c1)OCCO2. The number of carboxylic acid groups (broad SMARTS) is 1. The molecule has 1 atom stereocenters. The van der Waals surface area contributed by atoms with Gasteiger partial charge in [0.05, 0.1) is 12.6 Å². The van der Waals surface area contributed by atoms with Crippen molar-refractivity contribution in [3.05, 3.63) is 23.8 Å². The maximum atomic E-state index is 12.4. The highest BCUT2D eigenvalue weighted by molar-refractivity contribution is 5.75. The predicted molar refractivity (Wildman–Crippen MR) is 104 cm³/mol. The zero-order valence-electron chi connectivity index (χ0n) is 16.4. The third-order valence-electron chi connectivity index (χ3n) is 5.39. The van der Waals surface area contributed by atoms with Gasteiger partial charge < -0.3 is 25.2 Å². The van der Waals surface area contributed by atoms with Gasteiger partial charge in [0.25, 0.3) is 0 Å². The number of hydrogen-bond acceptors (Lipinski definition) is 5. The number of carbonyl (C=O) groups is 2. The summed E-state index contributed by atoms with van der Waals surface area (Å²) in [4.78, 5) is 25.3. The second-order valence-corrected chi connectivity index (χ2v) is 7.26. The lowest BCUT2D eigenvalue weighted by Gasteiger charge is -2.42. The van der Waals surface area contributed by atoms with E-state index in [-0.39, 0.29) is 30.7 Å². The van der Waals surface area contributed by atoms with Crippen LogP contribution in [-0.4, -0.2) is 60.4 Å². The van der Waals surface area contributed by atoms with Crippen LogP contribution in [0.4, 0.5) is 4.79 Å². The Hall–Kier alpha value is -2.48. The van der Waals surface area contributed by atoms with Crippen LogP contribution >= 0.6 is 0 Å². The van der Waals surface area contributed by atoms with E-state index < -0.39 is 5.97 Å². The summed E-state index contributed by atoms with van der Waals surface area (Å²) in [6.07, 6.45) is 2.30. The number of aliphatic carboxylic acids is 1. The number of carbonyl (C=O) groups excluding carboxylic acids is 1. The number of fused-ring (bicyclic) bond motifs is 1. The van der Waals surface area contributed by atoms with Crippen molar-refractivity contribution in [2.45, 2.75) is 51.2 Å². The average Bonchev–Trinajstić information content (AvgIpc) is 2.66. The first kappa shape index (κ1) is 20.3. The fourth-order valence-electron chi connectivity index (χ4n) is 3.76. The van der Waals surface area contributed by atoms with Crippen LogP contribution in [0.5, 0.6) is 11.5 Å². The highest BCUT2D eigenvalue weighted by Crippen LogP contribution is 2.33. The van der Waals surface area contributed by atoms with Gasteiger partial charge in [-0.1, -0.05) is 19.9 Å². The summed E-state index contributed by atoms with van der Waals surface area (Å²) in [6, 6.07) is 5.72. The minimum Gasteiger partial charge on any atom is -0.486 e. The molecule has 1 aromatic rings. The fraction of sp³-hybridized carbons (Fsp3) is 0.600. The molecule has 154 valence electrons. The van der Waals surface area contributed by atoms with Crippen molar-refractivity contribution in [2.24, 2.45) is 0 Å². The third kappa shape index (κ3) is 4.86. The van der Waals surface area contributed by atoms with Crippen molar-refractivity contribution in [1.29, 1.82) is 0 Å². The largest absolute Gasteiger partial charge is 0.486 e. The number of rotatable bonds is 8. The van der Waals surface area contributed by atoms with E-state index in [1.54, 1.807) is 0 Å². The molecule has 1 aliphatic heterocycles. The summed E-state index contributed by atoms with van der Waals surface area (Å²) >= 11 is 0. The number of benzene rings is 1. The average molecular weight is 391 g/mol. The number of likely N-dealkylation sites (N-methyl/N-ethyl adjacent to an activating group) is 1. The third-order valence-corrected chi connectivity index (χ3v) is 5.39. The van der Waals surface area contributed by atoms with Gasteiger partial charge in [-0.3, -0.25) is 9.69 Å². The number of nitrogens with one attached hydrogen (secondary N) is 2. The molecule has 0 spiro atoms. The van der Waals surface area contributed by atoms with Gasteiger partial charge in [0, 0.05) is 12.1 Å². The van der Waals surface area contributed by atoms with Crippen molar-refractivity contribution in [1.82, 2.24) is 15.5 Å². The molecule has 1 aliphatic carbocycles. The van der Waals surface area contributed by atoms with Gasteiger partial charge in [-0.05, 0) is 43.5 Å². The Morgan fingerprint density at radius 3 is 2.57 bits per heavy atom. The second-order valence-electron chi connectivity index (χ2n) is 7.26. The Bertz CT molecular complexity index is 705. The molecule has 1 heterocycles. The van der Waals surface area contributed by atoms with E-state index in [1.165, 1.54) is 0 Å². The molecular weight excluding hydrogens is 362 g/mol. The van der Waals surface area contributed by atoms with Crippen LogP contribution in [0.15, 0.2) is 18.2 Å². The Labute approximate surface area is 165 Å². The highest BCUT2D eigenvalue weighted by atomic mass is 16.6. The second kappa shape index (κ2) is 9.14. The van der Waals surface area contributed by atoms with Gasteiger partial charge in [-0.2, -0.15) is 0 Å². The van der Waals surface area contributed by atoms with E-state index in [4.69, 9.17) is 14.6 Å². The van der Waals surface area contributed by atoms with Gasteiger partial charge in [0.1, 0.15) is 13.2 Å². The molecule has 2 aliphatic rings. The van der Waals surface area contributed by atoms with Gasteiger partial charge in [-0.25, -0.2) is 4.79 Å². The zero-order chi connectivity index (χ0) is 20.1. The molecule has 0 bridgehead atoms. The molecule has 2 amide bonds. The van der Waals surface area contributed by atoms with Crippen molar-refractivity contribution in [3.8, 4) is 11.5 Å². The summed E-state index contributed by atoms with van der Waals surface area (Å²) in [5.74, 6) is 0.627. The van der Waals surface area contributed by atoms with E-state index in [0.29, 0.717) is 25.5 Å². The van der Waals surface area contributed by atoms with E-state index in [1.807, 2.05) is 36.9 Å². The van der Waals surface area contributed by atoms with Crippen LogP contribution in [0.25, 0.3) is 0 Å². The summed E-state index contributed by atoms with van der Waals surface area (Å²) in [5.41, 5.74) is 0.979. The predicted octanol–water partition coefficient (Wildman–Crippen LogP) is 2.15. The normalized spacial score (nSPS) is 21.5. The van der Waals surface area contributed by atoms with Crippen LogP contribution < -0.4 is 20.1 Å². The highest BCUT2D eigenvalue weighted by Gasteiger charge is 2.34. The van der Waals surface area contributed by atoms with E-state index in [2.05, 4.69) is 10.6 Å². The Kier molecular flexibility index (Phi) is 6.61. The van der Waals surface area contributed by atoms with Crippen molar-refractivity contribution in [3.63, 3.8) is 0 Å². The van der Waals surface area contributed by atoms with Crippen molar-refractivity contribution >= 4 is 12.0 Å². The van der Waals surface area contributed by atoms with Crippen LogP contribution in [0, 0.1) is 0 Å². The minimum atomic E-state index is -0.818. The van der Waals surface area contributed by atoms with Crippen LogP contribution in [0.1, 0.15) is 44.7 Å². The molecule has 1 aromatic carbocycles. The lowest BCUT2D eigenvalue weighted by molar-refractivity contribution is -0.139. The first-order valence-electron chi connectivity index (χ1n) is 9.92. The lowest BCUT2D eigenvalue weighted by atomic mass is 9.85. The minimum absolute atomic E-state index is 0.0438. The van der Waals surface area contributed by atoms with E-state index in [9.17, 15) is 9.59 Å². The molecule has 3 rings (SSSR count). The van der Waals surface area contributed by atoms with E-state index in [0.717, 1.165) is 30.6 Å². The van der Waals surface area contributed by atoms with Crippen molar-refractivity contribution < 1.29 is 24.2 Å². The molecule has 28 heavy (non-hydrogen) atoms. The van der Waals surface area contributed by atoms with Crippen LogP contribution in [0.2, 0.25) is 0 Å². The standard InChI is InChI=1S/C20H29N3O5/c1-3-16(13-5-6-17-18(9-13)28-8-7-27-17)22-20(26)21-14-10-15(11-14)23(4-2)12-19(24)25/h5-6,9,14-16H,3-4,7-8,10-12H2,1-2H3,(H,24,25)(H2,21,22,26). The topological polar surface area (TPSA) is 100 Å². The molecule has 0 aromatic heterocycles. The Morgan fingerprint density at radius 1 is 1.21 bits per heavy atom. The smallest absolute Gasteiger partial charge is 0.317 e. The molecule has 3 N–H and O–H groups in total. The molecule has 0 radical (unpaired) electrons. The van der Waals surface area contributed by atoms with Gasteiger partial charge in [0.15, 0.2) is 11.5 Å². The number of ether oxygens (including phenoxy) is 2. The first-order valence-corrected chi connectivity index (χ1v) is 9.92. The molecule has 1 saturated carbocycles. The van der Waals surface area contributed by atoms with Crippen LogP contribution in [0.3, 0.4) is 0 Å².